The predicted octanol–water partition coefficient (Wildman–Crippen LogP) is 3.28. The van der Waals surface area contributed by atoms with Crippen LogP contribution in [0.3, 0.4) is 0 Å². The fraction of sp³-hybridized carbons (Fsp3) is 0.500. The van der Waals surface area contributed by atoms with Crippen LogP contribution in [0.15, 0.2) is 35.7 Å². The number of hydrogen-bond donors (Lipinski definition) is 1. The number of anilines is 1. The van der Waals surface area contributed by atoms with Gasteiger partial charge in [0, 0.05) is 42.8 Å². The molecule has 0 bridgehead atoms. The summed E-state index contributed by atoms with van der Waals surface area (Å²) in [6, 6.07) is 10.7. The minimum atomic E-state index is 0.00744. The summed E-state index contributed by atoms with van der Waals surface area (Å²) in [5, 5.41) is 5.17. The zero-order valence-corrected chi connectivity index (χ0v) is 19.3. The summed E-state index contributed by atoms with van der Waals surface area (Å²) in [6.45, 7) is 8.72. The van der Waals surface area contributed by atoms with Crippen LogP contribution in [0.5, 0.6) is 0 Å². The van der Waals surface area contributed by atoms with Crippen molar-refractivity contribution in [2.45, 2.75) is 32.7 Å². The quantitative estimate of drug-likeness (QED) is 0.749. The molecule has 1 aromatic carbocycles. The molecule has 0 aliphatic carbocycles. The monoisotopic (exact) mass is 440 g/mol. The van der Waals surface area contributed by atoms with E-state index in [2.05, 4.69) is 32.6 Å². The first-order chi connectivity index (χ1) is 15.0. The lowest BCUT2D eigenvalue weighted by molar-refractivity contribution is -0.134. The van der Waals surface area contributed by atoms with Crippen molar-refractivity contribution in [3.05, 3.63) is 51.7 Å². The van der Waals surface area contributed by atoms with Crippen molar-refractivity contribution in [1.29, 1.82) is 0 Å². The maximum Gasteiger partial charge on any atom is 0.238 e. The second kappa shape index (κ2) is 9.94. The number of carbonyl (C=O) groups excluding carboxylic acids is 2. The van der Waals surface area contributed by atoms with Crippen molar-refractivity contribution in [1.82, 2.24) is 14.7 Å². The molecule has 2 aliphatic heterocycles. The fourth-order valence-electron chi connectivity index (χ4n) is 4.64. The first-order valence-electron chi connectivity index (χ1n) is 11.1. The summed E-state index contributed by atoms with van der Waals surface area (Å²) in [5.41, 5.74) is 3.06. The van der Waals surface area contributed by atoms with Gasteiger partial charge in [-0.3, -0.25) is 19.4 Å². The molecule has 166 valence electrons. The Hall–Kier alpha value is -2.22. The van der Waals surface area contributed by atoms with Crippen molar-refractivity contribution in [2.75, 3.05) is 51.1 Å². The molecule has 1 aromatic heterocycles. The lowest BCUT2D eigenvalue weighted by Crippen LogP contribution is -2.52. The Morgan fingerprint density at radius 2 is 1.74 bits per heavy atom. The third-order valence-electron chi connectivity index (χ3n) is 6.41. The zero-order chi connectivity index (χ0) is 21.8. The third-order valence-corrected chi connectivity index (χ3v) is 7.38. The largest absolute Gasteiger partial charge is 0.339 e. The Morgan fingerprint density at radius 3 is 2.42 bits per heavy atom. The van der Waals surface area contributed by atoms with Gasteiger partial charge in [-0.1, -0.05) is 24.3 Å². The highest BCUT2D eigenvalue weighted by Crippen LogP contribution is 2.34. The van der Waals surface area contributed by atoms with E-state index in [1.165, 1.54) is 4.88 Å². The molecule has 2 saturated heterocycles. The standard InChI is InChI=1S/C24H32N4O2S/c1-18-6-3-7-19(2)24(18)25-22(29)16-26-11-13-27(14-12-26)23(30)17-28-10-4-8-20(28)21-9-5-15-31-21/h3,5-7,9,15,20H,4,8,10-14,16-17H2,1-2H3,(H,25,29). The van der Waals surface area contributed by atoms with Gasteiger partial charge >= 0.3 is 0 Å². The van der Waals surface area contributed by atoms with E-state index in [0.717, 1.165) is 49.3 Å². The number of para-hydroxylation sites is 1. The van der Waals surface area contributed by atoms with Crippen LogP contribution in [0.4, 0.5) is 5.69 Å². The molecule has 0 saturated carbocycles. The highest BCUT2D eigenvalue weighted by atomic mass is 32.1. The molecule has 6 nitrogen and oxygen atoms in total. The van der Waals surface area contributed by atoms with Gasteiger partial charge in [-0.15, -0.1) is 11.3 Å². The number of rotatable bonds is 6. The van der Waals surface area contributed by atoms with E-state index in [1.807, 2.05) is 36.9 Å². The predicted molar refractivity (Wildman–Crippen MR) is 125 cm³/mol. The maximum atomic E-state index is 12.9. The van der Waals surface area contributed by atoms with E-state index < -0.39 is 0 Å². The summed E-state index contributed by atoms with van der Waals surface area (Å²) in [5.74, 6) is 0.219. The van der Waals surface area contributed by atoms with Crippen LogP contribution in [0.25, 0.3) is 0 Å². The van der Waals surface area contributed by atoms with Crippen LogP contribution >= 0.6 is 11.3 Å². The minimum Gasteiger partial charge on any atom is -0.339 e. The average Bonchev–Trinajstić information content (AvgIpc) is 3.43. The van der Waals surface area contributed by atoms with E-state index >= 15 is 0 Å². The van der Waals surface area contributed by atoms with Gasteiger partial charge in [-0.2, -0.15) is 0 Å². The summed E-state index contributed by atoms with van der Waals surface area (Å²) < 4.78 is 0. The van der Waals surface area contributed by atoms with Gasteiger partial charge in [-0.05, 0) is 55.8 Å². The van der Waals surface area contributed by atoms with Crippen molar-refractivity contribution in [2.24, 2.45) is 0 Å². The number of likely N-dealkylation sites (tertiary alicyclic amines) is 1. The third kappa shape index (κ3) is 5.34. The molecule has 1 atom stereocenters. The summed E-state index contributed by atoms with van der Waals surface area (Å²) >= 11 is 1.78. The van der Waals surface area contributed by atoms with Crippen molar-refractivity contribution in [3.63, 3.8) is 0 Å². The first kappa shape index (κ1) is 22.0. The second-order valence-electron chi connectivity index (χ2n) is 8.62. The first-order valence-corrected chi connectivity index (χ1v) is 12.0. The Labute approximate surface area is 188 Å². The highest BCUT2D eigenvalue weighted by molar-refractivity contribution is 7.10. The Morgan fingerprint density at radius 1 is 1.00 bits per heavy atom. The molecule has 31 heavy (non-hydrogen) atoms. The van der Waals surface area contributed by atoms with Gasteiger partial charge in [-0.25, -0.2) is 0 Å². The molecule has 1 unspecified atom stereocenters. The number of nitrogens with one attached hydrogen (secondary N) is 1. The molecule has 2 amide bonds. The lowest BCUT2D eigenvalue weighted by Gasteiger charge is -2.35. The van der Waals surface area contributed by atoms with Crippen LogP contribution < -0.4 is 5.32 Å². The van der Waals surface area contributed by atoms with Gasteiger partial charge in [0.05, 0.1) is 13.1 Å². The van der Waals surface area contributed by atoms with E-state index in [-0.39, 0.29) is 11.8 Å². The van der Waals surface area contributed by atoms with Crippen LogP contribution in [0, 0.1) is 13.8 Å². The number of nitrogens with zero attached hydrogens (tertiary/aromatic N) is 3. The summed E-state index contributed by atoms with van der Waals surface area (Å²) in [6.07, 6.45) is 2.29. The fourth-order valence-corrected chi connectivity index (χ4v) is 5.54. The Balaban J connectivity index is 1.24. The molecule has 1 N–H and O–H groups in total. The average molecular weight is 441 g/mol. The molecule has 4 rings (SSSR count). The molecule has 2 aromatic rings. The molecule has 0 radical (unpaired) electrons. The van der Waals surface area contributed by atoms with Gasteiger partial charge in [0.25, 0.3) is 0 Å². The molecule has 0 spiro atoms. The number of thiophene rings is 1. The lowest BCUT2D eigenvalue weighted by atomic mass is 10.1. The number of piperazine rings is 1. The van der Waals surface area contributed by atoms with Crippen LogP contribution in [0.2, 0.25) is 0 Å². The minimum absolute atomic E-state index is 0.00744. The van der Waals surface area contributed by atoms with Gasteiger partial charge < -0.3 is 10.2 Å². The number of amides is 2. The zero-order valence-electron chi connectivity index (χ0n) is 18.5. The topological polar surface area (TPSA) is 55.9 Å². The van der Waals surface area contributed by atoms with E-state index in [0.29, 0.717) is 32.2 Å². The van der Waals surface area contributed by atoms with Crippen LogP contribution in [0.1, 0.15) is 34.9 Å². The number of hydrogen-bond acceptors (Lipinski definition) is 5. The molecule has 3 heterocycles. The highest BCUT2D eigenvalue weighted by Gasteiger charge is 2.30. The molecule has 2 fully saturated rings. The number of benzene rings is 1. The SMILES string of the molecule is Cc1cccc(C)c1NC(=O)CN1CCN(C(=O)CN2CCCC2c2cccs2)CC1. The molecule has 7 heteroatoms. The van der Waals surface area contributed by atoms with Crippen molar-refractivity contribution < 1.29 is 9.59 Å². The summed E-state index contributed by atoms with van der Waals surface area (Å²) in [7, 11) is 0. The van der Waals surface area contributed by atoms with Gasteiger partial charge in [0.15, 0.2) is 0 Å². The van der Waals surface area contributed by atoms with E-state index in [1.54, 1.807) is 11.3 Å². The second-order valence-corrected chi connectivity index (χ2v) is 9.60. The maximum absolute atomic E-state index is 12.9. The van der Waals surface area contributed by atoms with Crippen LogP contribution in [-0.2, 0) is 9.59 Å². The van der Waals surface area contributed by atoms with Crippen molar-refractivity contribution in [3.8, 4) is 0 Å². The Kier molecular flexibility index (Phi) is 7.05. The smallest absolute Gasteiger partial charge is 0.238 e. The number of aryl methyl sites for hydroxylation is 2. The number of carbonyl (C=O) groups is 2. The van der Waals surface area contributed by atoms with Crippen molar-refractivity contribution >= 4 is 28.8 Å². The van der Waals surface area contributed by atoms with E-state index in [9.17, 15) is 9.59 Å². The van der Waals surface area contributed by atoms with Gasteiger partial charge in [0.2, 0.25) is 11.8 Å². The molecule has 2 aliphatic rings. The summed E-state index contributed by atoms with van der Waals surface area (Å²) in [4.78, 5) is 33.2. The van der Waals surface area contributed by atoms with Gasteiger partial charge in [0.1, 0.15) is 0 Å². The molecular formula is C24H32N4O2S. The Bertz CT molecular complexity index is 886. The van der Waals surface area contributed by atoms with Crippen LogP contribution in [-0.4, -0.2) is 72.3 Å². The van der Waals surface area contributed by atoms with E-state index in [4.69, 9.17) is 0 Å². The molecular weight excluding hydrogens is 408 g/mol. The normalized spacial score (nSPS) is 20.2.